The minimum atomic E-state index is -0.289. The largest absolute Gasteiger partial charge is 0.466 e. The Balaban J connectivity index is 1.60. The van der Waals surface area contributed by atoms with E-state index in [4.69, 9.17) is 4.74 Å². The Kier molecular flexibility index (Phi) is 7.79. The van der Waals surface area contributed by atoms with Gasteiger partial charge in [-0.2, -0.15) is 0 Å². The van der Waals surface area contributed by atoms with E-state index in [0.717, 1.165) is 23.4 Å². The number of nitrogens with zero attached hydrogens (tertiary/aromatic N) is 3. The van der Waals surface area contributed by atoms with Crippen LogP contribution in [0.15, 0.2) is 30.3 Å². The van der Waals surface area contributed by atoms with E-state index >= 15 is 0 Å². The van der Waals surface area contributed by atoms with Gasteiger partial charge in [-0.3, -0.25) is 14.4 Å². The molecule has 0 spiro atoms. The molecule has 166 valence electrons. The molecule has 0 saturated carbocycles. The third-order valence-corrected chi connectivity index (χ3v) is 6.49. The van der Waals surface area contributed by atoms with E-state index in [2.05, 4.69) is 4.98 Å². The second-order valence-corrected chi connectivity index (χ2v) is 8.86. The smallest absolute Gasteiger partial charge is 0.310 e. The first-order valence-corrected chi connectivity index (χ1v) is 11.4. The highest BCUT2D eigenvalue weighted by Gasteiger charge is 2.30. The number of rotatable bonds is 7. The summed E-state index contributed by atoms with van der Waals surface area (Å²) in [6.45, 7) is 4.85. The lowest BCUT2D eigenvalue weighted by Gasteiger charge is -2.32. The predicted molar refractivity (Wildman–Crippen MR) is 119 cm³/mol. The Hall–Kier alpha value is -2.74. The molecule has 31 heavy (non-hydrogen) atoms. The molecule has 0 bridgehead atoms. The quantitative estimate of drug-likeness (QED) is 0.615. The number of benzene rings is 1. The van der Waals surface area contributed by atoms with Crippen LogP contribution < -0.4 is 0 Å². The third kappa shape index (κ3) is 5.91. The Morgan fingerprint density at radius 3 is 2.71 bits per heavy atom. The highest BCUT2D eigenvalue weighted by atomic mass is 32.1. The molecule has 0 N–H and O–H groups in total. The van der Waals surface area contributed by atoms with Crippen LogP contribution in [0.5, 0.6) is 0 Å². The first-order chi connectivity index (χ1) is 14.9. The minimum Gasteiger partial charge on any atom is -0.466 e. The van der Waals surface area contributed by atoms with Gasteiger partial charge >= 0.3 is 5.97 Å². The van der Waals surface area contributed by atoms with Crippen LogP contribution in [0.2, 0.25) is 0 Å². The molecule has 1 aromatic carbocycles. The van der Waals surface area contributed by atoms with Gasteiger partial charge in [-0.15, -0.1) is 11.3 Å². The van der Waals surface area contributed by atoms with Gasteiger partial charge in [0, 0.05) is 26.6 Å². The number of hydrogen-bond acceptors (Lipinski definition) is 6. The first kappa shape index (κ1) is 22.9. The van der Waals surface area contributed by atoms with E-state index < -0.39 is 0 Å². The van der Waals surface area contributed by atoms with E-state index in [0.29, 0.717) is 36.7 Å². The summed E-state index contributed by atoms with van der Waals surface area (Å²) >= 11 is 1.37. The number of aromatic nitrogens is 1. The molecule has 1 unspecified atom stereocenters. The van der Waals surface area contributed by atoms with Crippen LogP contribution in [-0.4, -0.2) is 65.9 Å². The van der Waals surface area contributed by atoms with Crippen molar-refractivity contribution >= 4 is 29.1 Å². The minimum absolute atomic E-state index is 0.0280. The van der Waals surface area contributed by atoms with Gasteiger partial charge < -0.3 is 14.5 Å². The van der Waals surface area contributed by atoms with Crippen LogP contribution in [0.3, 0.4) is 0 Å². The van der Waals surface area contributed by atoms with Crippen molar-refractivity contribution in [2.75, 3.05) is 33.3 Å². The lowest BCUT2D eigenvalue weighted by atomic mass is 9.98. The van der Waals surface area contributed by atoms with Crippen molar-refractivity contribution < 1.29 is 19.1 Å². The Bertz CT molecular complexity index is 928. The number of esters is 1. The second kappa shape index (κ2) is 10.5. The average Bonchev–Trinajstić information content (AvgIpc) is 3.13. The number of amides is 2. The fraction of sp³-hybridized carbons (Fsp3) is 0.478. The van der Waals surface area contributed by atoms with Crippen molar-refractivity contribution in [1.29, 1.82) is 0 Å². The molecule has 0 radical (unpaired) electrons. The second-order valence-electron chi connectivity index (χ2n) is 7.78. The molecule has 2 aromatic rings. The number of hydrogen-bond donors (Lipinski definition) is 0. The number of carbonyl (C=O) groups excluding carboxylic acids is 3. The van der Waals surface area contributed by atoms with Crippen molar-refractivity contribution in [2.24, 2.45) is 5.92 Å². The predicted octanol–water partition coefficient (Wildman–Crippen LogP) is 2.92. The number of likely N-dealkylation sites (tertiary alicyclic amines) is 1. The fourth-order valence-electron chi connectivity index (χ4n) is 3.70. The van der Waals surface area contributed by atoms with E-state index in [-0.39, 0.29) is 30.2 Å². The summed E-state index contributed by atoms with van der Waals surface area (Å²) in [5, 5.41) is 0.875. The topological polar surface area (TPSA) is 79.8 Å². The normalized spacial score (nSPS) is 16.1. The van der Waals surface area contributed by atoms with Gasteiger partial charge in [-0.05, 0) is 32.3 Å². The number of carbonyl (C=O) groups is 3. The van der Waals surface area contributed by atoms with Crippen LogP contribution in [0.1, 0.15) is 45.7 Å². The number of aryl methyl sites for hydroxylation is 1. The third-order valence-electron chi connectivity index (χ3n) is 5.35. The first-order valence-electron chi connectivity index (χ1n) is 10.6. The number of likely N-dealkylation sites (N-methyl/N-ethyl adjacent to an activating group) is 1. The molecule has 1 atom stereocenters. The zero-order chi connectivity index (χ0) is 22.4. The zero-order valence-electron chi connectivity index (χ0n) is 18.3. The van der Waals surface area contributed by atoms with Crippen LogP contribution >= 0.6 is 11.3 Å². The van der Waals surface area contributed by atoms with E-state index in [9.17, 15) is 14.4 Å². The van der Waals surface area contributed by atoms with Crippen LogP contribution in [0, 0.1) is 12.8 Å². The van der Waals surface area contributed by atoms with Crippen LogP contribution in [0.25, 0.3) is 0 Å². The number of piperidine rings is 1. The van der Waals surface area contributed by atoms with E-state index in [1.165, 1.54) is 16.2 Å². The average molecular weight is 444 g/mol. The molecule has 3 rings (SSSR count). The SMILES string of the molecule is CCOC(=O)C1CCCN(C(=O)CN(C)C(=O)c2sc(Cc3ccccc3)nc2C)C1. The van der Waals surface area contributed by atoms with Gasteiger partial charge in [0.1, 0.15) is 4.88 Å². The van der Waals surface area contributed by atoms with Gasteiger partial charge in [-0.1, -0.05) is 30.3 Å². The zero-order valence-corrected chi connectivity index (χ0v) is 19.1. The lowest BCUT2D eigenvalue weighted by molar-refractivity contribution is -0.151. The molecule has 2 heterocycles. The molecule has 7 nitrogen and oxygen atoms in total. The molecule has 1 aliphatic heterocycles. The highest BCUT2D eigenvalue weighted by Crippen LogP contribution is 2.23. The molecule has 2 amide bonds. The summed E-state index contributed by atoms with van der Waals surface area (Å²) in [6, 6.07) is 9.99. The molecular weight excluding hydrogens is 414 g/mol. The molecule has 1 fully saturated rings. The monoisotopic (exact) mass is 443 g/mol. The number of ether oxygens (including phenoxy) is 1. The standard InChI is InChI=1S/C23H29N3O4S/c1-4-30-23(29)18-11-8-12-26(14-18)20(27)15-25(3)22(28)21-16(2)24-19(31-21)13-17-9-6-5-7-10-17/h5-7,9-10,18H,4,8,11-15H2,1-3H3. The van der Waals surface area contributed by atoms with Crippen molar-refractivity contribution in [3.8, 4) is 0 Å². The van der Waals surface area contributed by atoms with Crippen molar-refractivity contribution in [2.45, 2.75) is 33.1 Å². The molecular formula is C23H29N3O4S. The summed E-state index contributed by atoms with van der Waals surface area (Å²) in [5.74, 6) is -0.906. The fourth-order valence-corrected chi connectivity index (χ4v) is 4.79. The Morgan fingerprint density at radius 2 is 2.00 bits per heavy atom. The van der Waals surface area contributed by atoms with Gasteiger partial charge in [0.15, 0.2) is 0 Å². The van der Waals surface area contributed by atoms with Gasteiger partial charge in [0.05, 0.1) is 29.8 Å². The van der Waals surface area contributed by atoms with Crippen molar-refractivity contribution in [1.82, 2.24) is 14.8 Å². The van der Waals surface area contributed by atoms with E-state index in [1.54, 1.807) is 18.9 Å². The molecule has 1 aromatic heterocycles. The lowest BCUT2D eigenvalue weighted by Crippen LogP contribution is -2.47. The highest BCUT2D eigenvalue weighted by molar-refractivity contribution is 7.13. The van der Waals surface area contributed by atoms with Gasteiger partial charge in [0.2, 0.25) is 5.91 Å². The maximum Gasteiger partial charge on any atom is 0.310 e. The van der Waals surface area contributed by atoms with Crippen molar-refractivity contribution in [3.63, 3.8) is 0 Å². The Morgan fingerprint density at radius 1 is 1.26 bits per heavy atom. The molecule has 1 aliphatic rings. The maximum absolute atomic E-state index is 13.0. The summed E-state index contributed by atoms with van der Waals surface area (Å²) in [4.78, 5) is 46.0. The molecule has 0 aliphatic carbocycles. The maximum atomic E-state index is 13.0. The summed E-state index contributed by atoms with van der Waals surface area (Å²) in [5.41, 5.74) is 1.82. The van der Waals surface area contributed by atoms with Gasteiger partial charge in [-0.25, -0.2) is 4.98 Å². The summed E-state index contributed by atoms with van der Waals surface area (Å²) < 4.78 is 5.10. The number of thiazole rings is 1. The van der Waals surface area contributed by atoms with Crippen LogP contribution in [-0.2, 0) is 20.7 Å². The Labute approximate surface area is 187 Å². The van der Waals surface area contributed by atoms with Gasteiger partial charge in [0.25, 0.3) is 5.91 Å². The van der Waals surface area contributed by atoms with Crippen molar-refractivity contribution in [3.05, 3.63) is 51.5 Å². The molecule has 8 heteroatoms. The van der Waals surface area contributed by atoms with E-state index in [1.807, 2.05) is 37.3 Å². The summed E-state index contributed by atoms with van der Waals surface area (Å²) in [6.07, 6.45) is 2.15. The molecule has 1 saturated heterocycles. The summed E-state index contributed by atoms with van der Waals surface area (Å²) in [7, 11) is 1.63. The van der Waals surface area contributed by atoms with Crippen LogP contribution in [0.4, 0.5) is 0 Å².